The number of nitrogens with zero attached hydrogens (tertiary/aromatic N) is 1. The summed E-state index contributed by atoms with van der Waals surface area (Å²) in [4.78, 5) is 17.2. The molecule has 31 heavy (non-hydrogen) atoms. The zero-order chi connectivity index (χ0) is 21.8. The molecule has 0 radical (unpaired) electrons. The van der Waals surface area contributed by atoms with Gasteiger partial charge in [0, 0.05) is 35.3 Å². The first kappa shape index (κ1) is 21.6. The minimum atomic E-state index is -3.73. The first-order valence-electron chi connectivity index (χ1n) is 9.96. The van der Waals surface area contributed by atoms with Crippen LogP contribution >= 0.6 is 11.3 Å². The van der Waals surface area contributed by atoms with Crippen molar-refractivity contribution in [2.75, 3.05) is 18.5 Å². The molecule has 2 aromatic carbocycles. The van der Waals surface area contributed by atoms with Gasteiger partial charge >= 0.3 is 0 Å². The monoisotopic (exact) mass is 457 g/mol. The Bertz CT molecular complexity index is 1170. The summed E-state index contributed by atoms with van der Waals surface area (Å²) in [6.45, 7) is 2.84. The van der Waals surface area contributed by atoms with E-state index in [0.717, 1.165) is 29.1 Å². The van der Waals surface area contributed by atoms with Crippen molar-refractivity contribution in [1.82, 2.24) is 9.71 Å². The summed E-state index contributed by atoms with van der Waals surface area (Å²) in [5.41, 5.74) is 2.74. The molecule has 4 rings (SSSR count). The summed E-state index contributed by atoms with van der Waals surface area (Å²) in [5.74, 6) is -0.381. The molecular weight excluding hydrogens is 434 g/mol. The van der Waals surface area contributed by atoms with Crippen molar-refractivity contribution in [3.63, 3.8) is 0 Å². The van der Waals surface area contributed by atoms with Gasteiger partial charge in [-0.3, -0.25) is 4.79 Å². The maximum atomic E-state index is 12.7. The molecule has 3 aromatic rings. The Kier molecular flexibility index (Phi) is 6.47. The highest BCUT2D eigenvalue weighted by atomic mass is 32.2. The lowest BCUT2D eigenvalue weighted by Gasteiger charge is -2.12. The van der Waals surface area contributed by atoms with Crippen LogP contribution in [0, 0.1) is 6.92 Å². The number of carbonyl (C=O) groups excluding carboxylic acids is 1. The summed E-state index contributed by atoms with van der Waals surface area (Å²) < 4.78 is 33.2. The number of hydrogen-bond acceptors (Lipinski definition) is 6. The third kappa shape index (κ3) is 5.37. The molecule has 1 atom stereocenters. The highest BCUT2D eigenvalue weighted by Gasteiger charge is 2.21. The van der Waals surface area contributed by atoms with Gasteiger partial charge in [-0.05, 0) is 50.1 Å². The predicted octanol–water partition coefficient (Wildman–Crippen LogP) is 3.83. The number of anilines is 1. The largest absolute Gasteiger partial charge is 0.377 e. The van der Waals surface area contributed by atoms with E-state index in [2.05, 4.69) is 15.0 Å². The van der Waals surface area contributed by atoms with E-state index in [-0.39, 0.29) is 29.0 Å². The molecule has 0 saturated carbocycles. The summed E-state index contributed by atoms with van der Waals surface area (Å²) in [5, 5.41) is 5.79. The van der Waals surface area contributed by atoms with Crippen LogP contribution in [-0.4, -0.2) is 38.6 Å². The molecule has 1 aliphatic rings. The number of rotatable bonds is 7. The van der Waals surface area contributed by atoms with Gasteiger partial charge < -0.3 is 10.1 Å². The molecule has 1 aromatic heterocycles. The Hall–Kier alpha value is -2.59. The van der Waals surface area contributed by atoms with E-state index < -0.39 is 10.0 Å². The van der Waals surface area contributed by atoms with Gasteiger partial charge in [-0.2, -0.15) is 0 Å². The fourth-order valence-electron chi connectivity index (χ4n) is 3.32. The first-order valence-corrected chi connectivity index (χ1v) is 12.3. The normalized spacial score (nSPS) is 16.4. The van der Waals surface area contributed by atoms with Crippen LogP contribution in [0.4, 0.5) is 5.69 Å². The molecule has 162 valence electrons. The van der Waals surface area contributed by atoms with Gasteiger partial charge in [-0.15, -0.1) is 11.3 Å². The zero-order valence-electron chi connectivity index (χ0n) is 17.0. The minimum absolute atomic E-state index is 0.0485. The second kappa shape index (κ2) is 9.27. The fraction of sp³-hybridized carbons (Fsp3) is 0.273. The minimum Gasteiger partial charge on any atom is -0.377 e. The van der Waals surface area contributed by atoms with Crippen LogP contribution in [0.3, 0.4) is 0 Å². The molecule has 1 amide bonds. The third-order valence-electron chi connectivity index (χ3n) is 4.99. The number of amides is 1. The number of nitrogens with one attached hydrogen (secondary N) is 2. The molecule has 2 heterocycles. The maximum Gasteiger partial charge on any atom is 0.255 e. The van der Waals surface area contributed by atoms with Crippen molar-refractivity contribution in [1.29, 1.82) is 0 Å². The lowest BCUT2D eigenvalue weighted by molar-refractivity contribution is 0.102. The van der Waals surface area contributed by atoms with Crippen LogP contribution in [0.1, 0.15) is 28.2 Å². The Morgan fingerprint density at radius 3 is 2.71 bits per heavy atom. The van der Waals surface area contributed by atoms with Crippen molar-refractivity contribution in [2.45, 2.75) is 30.8 Å². The van der Waals surface area contributed by atoms with Crippen molar-refractivity contribution in [3.8, 4) is 11.3 Å². The van der Waals surface area contributed by atoms with E-state index >= 15 is 0 Å². The van der Waals surface area contributed by atoms with Crippen molar-refractivity contribution >= 4 is 33.0 Å². The quantitative estimate of drug-likeness (QED) is 0.562. The average molecular weight is 458 g/mol. The second-order valence-electron chi connectivity index (χ2n) is 7.30. The lowest BCUT2D eigenvalue weighted by atomic mass is 10.1. The summed E-state index contributed by atoms with van der Waals surface area (Å²) >= 11 is 1.58. The summed E-state index contributed by atoms with van der Waals surface area (Å²) in [6, 6.07) is 13.4. The zero-order valence-corrected chi connectivity index (χ0v) is 18.6. The number of hydrogen-bond donors (Lipinski definition) is 2. The fourth-order valence-corrected chi connectivity index (χ4v) is 5.05. The molecule has 9 heteroatoms. The van der Waals surface area contributed by atoms with Crippen LogP contribution in [0.5, 0.6) is 0 Å². The Labute approximate surface area is 185 Å². The summed E-state index contributed by atoms with van der Waals surface area (Å²) in [7, 11) is -3.73. The molecule has 1 unspecified atom stereocenters. The Morgan fingerprint density at radius 2 is 2.03 bits per heavy atom. The second-order valence-corrected chi connectivity index (χ2v) is 10.1. The van der Waals surface area contributed by atoms with Crippen LogP contribution in [-0.2, 0) is 14.8 Å². The molecular formula is C22H23N3O4S2. The number of thiazole rings is 1. The molecule has 7 nitrogen and oxygen atoms in total. The van der Waals surface area contributed by atoms with Gasteiger partial charge in [0.05, 0.1) is 21.7 Å². The van der Waals surface area contributed by atoms with E-state index in [4.69, 9.17) is 4.74 Å². The van der Waals surface area contributed by atoms with E-state index in [1.54, 1.807) is 35.6 Å². The molecule has 1 saturated heterocycles. The number of carbonyl (C=O) groups is 1. The van der Waals surface area contributed by atoms with E-state index in [9.17, 15) is 13.2 Å². The van der Waals surface area contributed by atoms with Gasteiger partial charge in [-0.25, -0.2) is 18.1 Å². The molecule has 0 aliphatic carbocycles. The van der Waals surface area contributed by atoms with Gasteiger partial charge in [0.2, 0.25) is 10.0 Å². The predicted molar refractivity (Wildman–Crippen MR) is 121 cm³/mol. The van der Waals surface area contributed by atoms with Crippen LogP contribution in [0.15, 0.2) is 58.8 Å². The van der Waals surface area contributed by atoms with E-state index in [0.29, 0.717) is 12.3 Å². The van der Waals surface area contributed by atoms with E-state index in [1.165, 1.54) is 12.1 Å². The maximum absolute atomic E-state index is 12.7. The van der Waals surface area contributed by atoms with Gasteiger partial charge in [0.1, 0.15) is 0 Å². The van der Waals surface area contributed by atoms with Crippen LogP contribution < -0.4 is 10.0 Å². The smallest absolute Gasteiger partial charge is 0.255 e. The molecule has 1 fully saturated rings. The molecule has 0 spiro atoms. The Balaban J connectivity index is 1.43. The number of ether oxygens (including phenoxy) is 1. The highest BCUT2D eigenvalue weighted by Crippen LogP contribution is 2.23. The van der Waals surface area contributed by atoms with Crippen LogP contribution in [0.25, 0.3) is 11.3 Å². The SMILES string of the molecule is Cc1nc(-c2ccc(NC(=O)c3cccc(S(=O)(=O)NCC4CCCO4)c3)cc2)cs1. The standard InChI is InChI=1S/C22H23N3O4S2/c1-15-24-21(14-30-15)16-7-9-18(10-8-16)25-22(26)17-4-2-6-20(12-17)31(27,28)23-13-19-5-3-11-29-19/h2,4,6-10,12,14,19,23H,3,5,11,13H2,1H3,(H,25,26). The van der Waals surface area contributed by atoms with Crippen molar-refractivity contribution < 1.29 is 17.9 Å². The van der Waals surface area contributed by atoms with Gasteiger partial charge in [0.25, 0.3) is 5.91 Å². The number of benzene rings is 2. The number of aryl methyl sites for hydroxylation is 1. The van der Waals surface area contributed by atoms with E-state index in [1.807, 2.05) is 24.4 Å². The lowest BCUT2D eigenvalue weighted by Crippen LogP contribution is -2.32. The van der Waals surface area contributed by atoms with Crippen LogP contribution in [0.2, 0.25) is 0 Å². The highest BCUT2D eigenvalue weighted by molar-refractivity contribution is 7.89. The third-order valence-corrected chi connectivity index (χ3v) is 7.18. The Morgan fingerprint density at radius 1 is 1.23 bits per heavy atom. The molecule has 2 N–H and O–H groups in total. The van der Waals surface area contributed by atoms with Gasteiger partial charge in [-0.1, -0.05) is 18.2 Å². The molecule has 1 aliphatic heterocycles. The topological polar surface area (TPSA) is 97.4 Å². The number of sulfonamides is 1. The average Bonchev–Trinajstić information content (AvgIpc) is 3.45. The molecule has 0 bridgehead atoms. The summed E-state index contributed by atoms with van der Waals surface area (Å²) in [6.07, 6.45) is 1.68. The van der Waals surface area contributed by atoms with Crippen molar-refractivity contribution in [2.24, 2.45) is 0 Å². The first-order chi connectivity index (χ1) is 14.9. The number of aromatic nitrogens is 1. The van der Waals surface area contributed by atoms with Gasteiger partial charge in [0.15, 0.2) is 0 Å². The van der Waals surface area contributed by atoms with Crippen molar-refractivity contribution in [3.05, 3.63) is 64.5 Å².